The summed E-state index contributed by atoms with van der Waals surface area (Å²) in [5, 5.41) is 3.55. The van der Waals surface area contributed by atoms with Gasteiger partial charge in [-0.2, -0.15) is 0 Å². The second-order valence-electron chi connectivity index (χ2n) is 4.01. The van der Waals surface area contributed by atoms with Gasteiger partial charge in [-0.1, -0.05) is 17.3 Å². The van der Waals surface area contributed by atoms with E-state index in [2.05, 4.69) is 27.0 Å². The molecule has 0 saturated carbocycles. The van der Waals surface area contributed by atoms with Crippen LogP contribution in [0.5, 0.6) is 0 Å². The van der Waals surface area contributed by atoms with Gasteiger partial charge in [-0.15, -0.1) is 5.92 Å². The second-order valence-corrected chi connectivity index (χ2v) is 4.99. The number of nitrogens with one attached hydrogen (secondary N) is 1. The van der Waals surface area contributed by atoms with Crippen LogP contribution in [0.15, 0.2) is 0 Å². The smallest absolute Gasteiger partial charge is 0.266 e. The Morgan fingerprint density at radius 2 is 2.28 bits per heavy atom. The lowest BCUT2D eigenvalue weighted by molar-refractivity contribution is 0.0963. The van der Waals surface area contributed by atoms with Crippen LogP contribution in [-0.2, 0) is 0 Å². The molecule has 0 atom stereocenters. The molecule has 0 radical (unpaired) electrons. The largest absolute Gasteiger partial charge is 0.382 e. The molecule has 1 amide bonds. The molecule has 2 rings (SSSR count). The molecule has 1 aliphatic rings. The van der Waals surface area contributed by atoms with E-state index in [0.29, 0.717) is 17.2 Å². The highest BCUT2D eigenvalue weighted by atomic mass is 32.1. The molecule has 1 fully saturated rings. The maximum Gasteiger partial charge on any atom is 0.266 e. The number of carbonyl (C=O) groups is 1. The van der Waals surface area contributed by atoms with Crippen LogP contribution in [0.3, 0.4) is 0 Å². The van der Waals surface area contributed by atoms with Crippen LogP contribution in [0.2, 0.25) is 0 Å². The zero-order valence-corrected chi connectivity index (χ0v) is 11.1. The minimum atomic E-state index is -0.196. The van der Waals surface area contributed by atoms with E-state index in [4.69, 9.17) is 5.73 Å². The Morgan fingerprint density at radius 3 is 2.94 bits per heavy atom. The summed E-state index contributed by atoms with van der Waals surface area (Å²) in [6.07, 6.45) is 2.35. The summed E-state index contributed by atoms with van der Waals surface area (Å²) in [4.78, 5) is 18.8. The molecule has 0 spiro atoms. The van der Waals surface area contributed by atoms with E-state index >= 15 is 0 Å². The molecular formula is C12H16N4OS. The zero-order chi connectivity index (χ0) is 13.0. The maximum atomic E-state index is 11.9. The highest BCUT2D eigenvalue weighted by Gasteiger charge is 2.21. The van der Waals surface area contributed by atoms with Crippen molar-refractivity contribution in [3.63, 3.8) is 0 Å². The maximum absolute atomic E-state index is 11.9. The first-order chi connectivity index (χ1) is 8.72. The Morgan fingerprint density at radius 1 is 1.56 bits per heavy atom. The van der Waals surface area contributed by atoms with Crippen molar-refractivity contribution in [2.45, 2.75) is 19.8 Å². The quantitative estimate of drug-likeness (QED) is 0.801. The number of rotatable bonds is 3. The number of amides is 1. The third-order valence-electron chi connectivity index (χ3n) is 2.74. The van der Waals surface area contributed by atoms with Gasteiger partial charge < -0.3 is 16.0 Å². The molecule has 0 bridgehead atoms. The Kier molecular flexibility index (Phi) is 4.05. The molecule has 6 heteroatoms. The fourth-order valence-electron chi connectivity index (χ4n) is 1.82. The summed E-state index contributed by atoms with van der Waals surface area (Å²) in [5.74, 6) is 5.62. The summed E-state index contributed by atoms with van der Waals surface area (Å²) in [6, 6.07) is 0. The van der Waals surface area contributed by atoms with Crippen molar-refractivity contribution in [3.8, 4) is 11.8 Å². The predicted molar refractivity (Wildman–Crippen MR) is 73.8 cm³/mol. The van der Waals surface area contributed by atoms with Gasteiger partial charge in [0.25, 0.3) is 5.91 Å². The van der Waals surface area contributed by atoms with Gasteiger partial charge in [0.15, 0.2) is 5.13 Å². The number of nitrogens with two attached hydrogens (primary N) is 1. The number of thiazole rings is 1. The van der Waals surface area contributed by atoms with E-state index in [9.17, 15) is 4.79 Å². The Balaban J connectivity index is 2.07. The number of carbonyl (C=O) groups excluding carboxylic acids is 1. The Hall–Kier alpha value is -1.74. The van der Waals surface area contributed by atoms with E-state index in [1.165, 1.54) is 24.2 Å². The lowest BCUT2D eigenvalue weighted by atomic mass is 10.4. The summed E-state index contributed by atoms with van der Waals surface area (Å²) in [7, 11) is 0. The molecular weight excluding hydrogens is 248 g/mol. The van der Waals surface area contributed by atoms with Crippen molar-refractivity contribution in [1.82, 2.24) is 10.3 Å². The van der Waals surface area contributed by atoms with Crippen LogP contribution < -0.4 is 16.0 Å². The van der Waals surface area contributed by atoms with Crippen molar-refractivity contribution < 1.29 is 4.79 Å². The van der Waals surface area contributed by atoms with Crippen LogP contribution in [-0.4, -0.2) is 30.5 Å². The normalized spacial score (nSPS) is 14.2. The molecule has 1 aromatic rings. The monoisotopic (exact) mass is 264 g/mol. The number of nitrogens with zero attached hydrogens (tertiary/aromatic N) is 2. The van der Waals surface area contributed by atoms with Crippen molar-refractivity contribution >= 4 is 28.2 Å². The van der Waals surface area contributed by atoms with Crippen molar-refractivity contribution in [2.75, 3.05) is 30.3 Å². The van der Waals surface area contributed by atoms with E-state index in [-0.39, 0.29) is 5.91 Å². The molecule has 0 aliphatic carbocycles. The number of hydrogen-bond donors (Lipinski definition) is 2. The number of aromatic nitrogens is 1. The van der Waals surface area contributed by atoms with E-state index in [1.54, 1.807) is 6.92 Å². The zero-order valence-electron chi connectivity index (χ0n) is 10.3. The van der Waals surface area contributed by atoms with E-state index < -0.39 is 0 Å². The standard InChI is InChI=1S/C12H16N4OS/c1-2-3-6-14-11(17)9-10(13)15-12(18-9)16-7-4-5-8-16/h4-8,13H2,1H3,(H,14,17). The fraction of sp³-hybridized carbons (Fsp3) is 0.500. The Labute approximate surface area is 110 Å². The number of nitrogen functional groups attached to an aromatic ring is 1. The van der Waals surface area contributed by atoms with Gasteiger partial charge in [-0.05, 0) is 19.8 Å². The molecule has 1 aromatic heterocycles. The minimum absolute atomic E-state index is 0.196. The van der Waals surface area contributed by atoms with Gasteiger partial charge in [-0.25, -0.2) is 4.98 Å². The third kappa shape index (κ3) is 2.74. The molecule has 0 unspecified atom stereocenters. The van der Waals surface area contributed by atoms with Gasteiger partial charge in [0, 0.05) is 13.1 Å². The molecule has 1 saturated heterocycles. The van der Waals surface area contributed by atoms with Crippen molar-refractivity contribution in [1.29, 1.82) is 0 Å². The molecule has 5 nitrogen and oxygen atoms in total. The van der Waals surface area contributed by atoms with Crippen LogP contribution >= 0.6 is 11.3 Å². The molecule has 96 valence electrons. The fourth-order valence-corrected chi connectivity index (χ4v) is 2.77. The van der Waals surface area contributed by atoms with Gasteiger partial charge >= 0.3 is 0 Å². The summed E-state index contributed by atoms with van der Waals surface area (Å²) >= 11 is 1.35. The van der Waals surface area contributed by atoms with Gasteiger partial charge in [0.05, 0.1) is 6.54 Å². The molecule has 1 aliphatic heterocycles. The molecule has 3 N–H and O–H groups in total. The van der Waals surface area contributed by atoms with Crippen molar-refractivity contribution in [2.24, 2.45) is 0 Å². The van der Waals surface area contributed by atoms with Crippen LogP contribution in [0.25, 0.3) is 0 Å². The van der Waals surface area contributed by atoms with Gasteiger partial charge in [0.1, 0.15) is 10.7 Å². The lowest BCUT2D eigenvalue weighted by Crippen LogP contribution is -2.23. The SMILES string of the molecule is CC#CCNC(=O)c1sc(N2CCCC2)nc1N. The predicted octanol–water partition coefficient (Wildman–Crippen LogP) is 1.08. The summed E-state index contributed by atoms with van der Waals surface area (Å²) in [6.45, 7) is 4.06. The first-order valence-electron chi connectivity index (χ1n) is 5.91. The van der Waals surface area contributed by atoms with Crippen LogP contribution in [0, 0.1) is 11.8 Å². The summed E-state index contributed by atoms with van der Waals surface area (Å²) in [5.41, 5.74) is 5.79. The van der Waals surface area contributed by atoms with Crippen molar-refractivity contribution in [3.05, 3.63) is 4.88 Å². The molecule has 2 heterocycles. The van der Waals surface area contributed by atoms with E-state index in [0.717, 1.165) is 18.2 Å². The second kappa shape index (κ2) is 5.74. The number of anilines is 2. The average Bonchev–Trinajstić information content (AvgIpc) is 2.97. The Bertz CT molecular complexity index is 494. The molecule has 0 aromatic carbocycles. The van der Waals surface area contributed by atoms with Gasteiger partial charge in [-0.3, -0.25) is 4.79 Å². The van der Waals surface area contributed by atoms with E-state index in [1.807, 2.05) is 0 Å². The van der Waals surface area contributed by atoms with Crippen LogP contribution in [0.4, 0.5) is 10.9 Å². The highest BCUT2D eigenvalue weighted by molar-refractivity contribution is 7.18. The first kappa shape index (κ1) is 12.7. The first-order valence-corrected chi connectivity index (χ1v) is 6.73. The highest BCUT2D eigenvalue weighted by Crippen LogP contribution is 2.30. The molecule has 18 heavy (non-hydrogen) atoms. The number of hydrogen-bond acceptors (Lipinski definition) is 5. The lowest BCUT2D eigenvalue weighted by Gasteiger charge is -2.11. The average molecular weight is 264 g/mol. The minimum Gasteiger partial charge on any atom is -0.382 e. The van der Waals surface area contributed by atoms with Crippen LogP contribution in [0.1, 0.15) is 29.4 Å². The topological polar surface area (TPSA) is 71.2 Å². The summed E-state index contributed by atoms with van der Waals surface area (Å²) < 4.78 is 0. The third-order valence-corrected chi connectivity index (χ3v) is 3.87. The van der Waals surface area contributed by atoms with Gasteiger partial charge in [0.2, 0.25) is 0 Å².